The van der Waals surface area contributed by atoms with Crippen LogP contribution in [-0.2, 0) is 6.42 Å². The Kier molecular flexibility index (Phi) is 2.19. The normalized spacial score (nSPS) is 31.1. The molecule has 1 heterocycles. The van der Waals surface area contributed by atoms with Crippen LogP contribution in [0.3, 0.4) is 0 Å². The predicted molar refractivity (Wildman–Crippen MR) is 55.7 cm³/mol. The van der Waals surface area contributed by atoms with Gasteiger partial charge in [-0.15, -0.1) is 0 Å². The molecule has 1 saturated carbocycles. The molecule has 0 spiro atoms. The number of rotatable bonds is 2. The average Bonchev–Trinajstić information content (AvgIpc) is 2.06. The van der Waals surface area contributed by atoms with Gasteiger partial charge in [0.05, 0.1) is 5.60 Å². The Labute approximate surface area is 84.0 Å². The van der Waals surface area contributed by atoms with Crippen molar-refractivity contribution in [1.29, 1.82) is 0 Å². The Hall–Kier alpha value is -1.09. The molecule has 1 aromatic heterocycles. The highest BCUT2D eigenvalue weighted by atomic mass is 16.3. The summed E-state index contributed by atoms with van der Waals surface area (Å²) in [4.78, 5) is 4.02. The third kappa shape index (κ3) is 1.73. The molecule has 1 aliphatic carbocycles. The van der Waals surface area contributed by atoms with Crippen molar-refractivity contribution < 1.29 is 5.11 Å². The number of aliphatic hydroxyl groups is 1. The van der Waals surface area contributed by atoms with Crippen LogP contribution in [0.5, 0.6) is 0 Å². The third-order valence-electron chi connectivity index (χ3n) is 2.92. The molecule has 0 aliphatic heterocycles. The van der Waals surface area contributed by atoms with E-state index in [2.05, 4.69) is 11.9 Å². The summed E-state index contributed by atoms with van der Waals surface area (Å²) in [5.41, 5.74) is 6.95. The molecule has 2 rings (SSSR count). The molecule has 76 valence electrons. The topological polar surface area (TPSA) is 59.1 Å². The molecule has 3 N–H and O–H groups in total. The quantitative estimate of drug-likeness (QED) is 0.744. The third-order valence-corrected chi connectivity index (χ3v) is 2.92. The Morgan fingerprint density at radius 3 is 2.93 bits per heavy atom. The van der Waals surface area contributed by atoms with Gasteiger partial charge in [-0.3, -0.25) is 4.98 Å². The molecular weight excluding hydrogens is 176 g/mol. The molecule has 3 nitrogen and oxygen atoms in total. The molecule has 0 amide bonds. The van der Waals surface area contributed by atoms with Gasteiger partial charge in [-0.2, -0.15) is 0 Å². The number of nitrogens with zero attached hydrogens (tertiary/aromatic N) is 1. The molecule has 0 unspecified atom stereocenters. The zero-order valence-corrected chi connectivity index (χ0v) is 8.40. The Balaban J connectivity index is 2.08. The molecule has 1 aromatic rings. The second kappa shape index (κ2) is 3.24. The van der Waals surface area contributed by atoms with Crippen molar-refractivity contribution in [3.05, 3.63) is 24.0 Å². The zero-order valence-electron chi connectivity index (χ0n) is 8.40. The van der Waals surface area contributed by atoms with Gasteiger partial charge in [0.2, 0.25) is 0 Å². The van der Waals surface area contributed by atoms with Gasteiger partial charge >= 0.3 is 0 Å². The first-order valence-corrected chi connectivity index (χ1v) is 5.00. The molecule has 14 heavy (non-hydrogen) atoms. The van der Waals surface area contributed by atoms with Crippen LogP contribution in [0, 0.1) is 5.92 Å². The number of hydrogen-bond donors (Lipinski definition) is 2. The van der Waals surface area contributed by atoms with Gasteiger partial charge in [0.1, 0.15) is 0 Å². The highest BCUT2D eigenvalue weighted by molar-refractivity contribution is 5.45. The van der Waals surface area contributed by atoms with Crippen LogP contribution in [0.15, 0.2) is 18.5 Å². The van der Waals surface area contributed by atoms with Crippen LogP contribution in [0.1, 0.15) is 25.3 Å². The SMILES string of the molecule is CC1CC(O)(Cc2cnccc2N)C1. The lowest BCUT2D eigenvalue weighted by molar-refractivity contribution is -0.0665. The molecule has 1 aliphatic rings. The van der Waals surface area contributed by atoms with E-state index in [9.17, 15) is 5.11 Å². The van der Waals surface area contributed by atoms with Gasteiger partial charge in [0, 0.05) is 24.5 Å². The molecule has 3 heteroatoms. The van der Waals surface area contributed by atoms with Crippen LogP contribution in [0.25, 0.3) is 0 Å². The van der Waals surface area contributed by atoms with Crippen LogP contribution >= 0.6 is 0 Å². The standard InChI is InChI=1S/C11H16N2O/c1-8-4-11(14,5-8)6-9-7-13-3-2-10(9)12/h2-3,7-8,14H,4-6H2,1H3,(H2,12,13). The van der Waals surface area contributed by atoms with Crippen LogP contribution in [-0.4, -0.2) is 15.7 Å². The number of nitrogen functional groups attached to an aromatic ring is 1. The molecule has 0 atom stereocenters. The molecule has 1 fully saturated rings. The average molecular weight is 192 g/mol. The van der Waals surface area contributed by atoms with E-state index in [4.69, 9.17) is 5.73 Å². The van der Waals surface area contributed by atoms with Crippen LogP contribution in [0.4, 0.5) is 5.69 Å². The predicted octanol–water partition coefficient (Wildman–Crippen LogP) is 1.37. The summed E-state index contributed by atoms with van der Waals surface area (Å²) < 4.78 is 0. The zero-order chi connectivity index (χ0) is 10.2. The number of nitrogens with two attached hydrogens (primary N) is 1. The van der Waals surface area contributed by atoms with Crippen molar-refractivity contribution in [2.45, 2.75) is 31.8 Å². The summed E-state index contributed by atoms with van der Waals surface area (Å²) >= 11 is 0. The van der Waals surface area contributed by atoms with Gasteiger partial charge in [-0.05, 0) is 30.4 Å². The van der Waals surface area contributed by atoms with Crippen molar-refractivity contribution in [2.75, 3.05) is 5.73 Å². The van der Waals surface area contributed by atoms with Gasteiger partial charge in [0.15, 0.2) is 0 Å². The van der Waals surface area contributed by atoms with E-state index in [1.54, 1.807) is 18.5 Å². The number of aromatic nitrogens is 1. The van der Waals surface area contributed by atoms with Crippen molar-refractivity contribution >= 4 is 5.69 Å². The van der Waals surface area contributed by atoms with Crippen molar-refractivity contribution in [1.82, 2.24) is 4.98 Å². The van der Waals surface area contributed by atoms with E-state index in [-0.39, 0.29) is 0 Å². The maximum absolute atomic E-state index is 10.1. The summed E-state index contributed by atoms with van der Waals surface area (Å²) in [5.74, 6) is 0.637. The second-order valence-corrected chi connectivity index (χ2v) is 4.49. The first kappa shape index (κ1) is 9.46. The lowest BCUT2D eigenvalue weighted by Crippen LogP contribution is -2.44. The minimum Gasteiger partial charge on any atom is -0.398 e. The monoisotopic (exact) mass is 192 g/mol. The Bertz CT molecular complexity index is 332. The molecule has 0 bridgehead atoms. The second-order valence-electron chi connectivity index (χ2n) is 4.49. The van der Waals surface area contributed by atoms with E-state index < -0.39 is 5.60 Å². The lowest BCUT2D eigenvalue weighted by atomic mass is 9.69. The number of pyridine rings is 1. The fourth-order valence-corrected chi connectivity index (χ4v) is 2.32. The Morgan fingerprint density at radius 2 is 2.36 bits per heavy atom. The maximum Gasteiger partial charge on any atom is 0.0694 e. The van der Waals surface area contributed by atoms with Gasteiger partial charge in [0.25, 0.3) is 0 Å². The smallest absolute Gasteiger partial charge is 0.0694 e. The molecular formula is C11H16N2O. The largest absolute Gasteiger partial charge is 0.398 e. The highest BCUT2D eigenvalue weighted by Crippen LogP contribution is 2.40. The van der Waals surface area contributed by atoms with E-state index in [1.165, 1.54) is 0 Å². The van der Waals surface area contributed by atoms with Gasteiger partial charge < -0.3 is 10.8 Å². The van der Waals surface area contributed by atoms with E-state index in [0.717, 1.165) is 24.1 Å². The summed E-state index contributed by atoms with van der Waals surface area (Å²) in [6.07, 6.45) is 5.81. The Morgan fingerprint density at radius 1 is 1.64 bits per heavy atom. The van der Waals surface area contributed by atoms with Crippen molar-refractivity contribution in [3.8, 4) is 0 Å². The molecule has 0 radical (unpaired) electrons. The molecule has 0 aromatic carbocycles. The minimum absolute atomic E-state index is 0.531. The van der Waals surface area contributed by atoms with Gasteiger partial charge in [-0.25, -0.2) is 0 Å². The fraction of sp³-hybridized carbons (Fsp3) is 0.545. The van der Waals surface area contributed by atoms with E-state index in [0.29, 0.717) is 12.3 Å². The van der Waals surface area contributed by atoms with Gasteiger partial charge in [-0.1, -0.05) is 6.92 Å². The van der Waals surface area contributed by atoms with Crippen LogP contribution in [0.2, 0.25) is 0 Å². The lowest BCUT2D eigenvalue weighted by Gasteiger charge is -2.42. The minimum atomic E-state index is -0.531. The van der Waals surface area contributed by atoms with E-state index in [1.807, 2.05) is 0 Å². The van der Waals surface area contributed by atoms with Crippen molar-refractivity contribution in [2.24, 2.45) is 5.92 Å². The van der Waals surface area contributed by atoms with Crippen molar-refractivity contribution in [3.63, 3.8) is 0 Å². The number of hydrogen-bond acceptors (Lipinski definition) is 3. The van der Waals surface area contributed by atoms with Crippen LogP contribution < -0.4 is 5.73 Å². The fourth-order valence-electron chi connectivity index (χ4n) is 2.32. The maximum atomic E-state index is 10.1. The van der Waals surface area contributed by atoms with E-state index >= 15 is 0 Å². The first-order chi connectivity index (χ1) is 6.59. The summed E-state index contributed by atoms with van der Waals surface area (Å²) in [6, 6.07) is 1.78. The molecule has 0 saturated heterocycles. The first-order valence-electron chi connectivity index (χ1n) is 5.00. The summed E-state index contributed by atoms with van der Waals surface area (Å²) in [5, 5.41) is 10.1. The summed E-state index contributed by atoms with van der Waals surface area (Å²) in [6.45, 7) is 2.15. The highest BCUT2D eigenvalue weighted by Gasteiger charge is 2.40. The summed E-state index contributed by atoms with van der Waals surface area (Å²) in [7, 11) is 0. The number of anilines is 1.